The Balaban J connectivity index is 2.00. The predicted octanol–water partition coefficient (Wildman–Crippen LogP) is 2.70. The van der Waals surface area contributed by atoms with Crippen molar-refractivity contribution in [1.82, 2.24) is 4.90 Å². The second-order valence-electron chi connectivity index (χ2n) is 5.40. The maximum Gasteiger partial charge on any atom is 0.126 e. The molecule has 0 aromatic heterocycles. The number of likely N-dealkylation sites (tertiary alicyclic amines) is 1. The standard InChI is InChI=1S/C14H19F2NO/c1-14(18)3-2-5-17(6-4-14)10-11-7-12(15)9-13(16)8-11/h7-9,18H,2-6,10H2,1H3. The van der Waals surface area contributed by atoms with Crippen LogP contribution in [0.3, 0.4) is 0 Å². The van der Waals surface area contributed by atoms with Crippen LogP contribution in [0.4, 0.5) is 8.78 Å². The van der Waals surface area contributed by atoms with Gasteiger partial charge in [-0.25, -0.2) is 8.78 Å². The summed E-state index contributed by atoms with van der Waals surface area (Å²) < 4.78 is 26.2. The molecule has 1 aliphatic rings. The van der Waals surface area contributed by atoms with Gasteiger partial charge in [0.2, 0.25) is 0 Å². The zero-order valence-electron chi connectivity index (χ0n) is 10.6. The first-order chi connectivity index (χ1) is 8.44. The van der Waals surface area contributed by atoms with Crippen LogP contribution in [0.2, 0.25) is 0 Å². The van der Waals surface area contributed by atoms with E-state index in [1.807, 2.05) is 6.92 Å². The molecule has 1 heterocycles. The summed E-state index contributed by atoms with van der Waals surface area (Å²) in [4.78, 5) is 2.13. The zero-order valence-corrected chi connectivity index (χ0v) is 10.6. The Morgan fingerprint density at radius 3 is 2.50 bits per heavy atom. The predicted molar refractivity (Wildman–Crippen MR) is 66.1 cm³/mol. The molecule has 0 aliphatic carbocycles. The van der Waals surface area contributed by atoms with Crippen LogP contribution in [0.5, 0.6) is 0 Å². The van der Waals surface area contributed by atoms with E-state index in [4.69, 9.17) is 0 Å². The molecule has 0 amide bonds. The van der Waals surface area contributed by atoms with Crippen LogP contribution < -0.4 is 0 Å². The first kappa shape index (κ1) is 13.4. The van der Waals surface area contributed by atoms with Gasteiger partial charge in [0.25, 0.3) is 0 Å². The number of benzene rings is 1. The summed E-state index contributed by atoms with van der Waals surface area (Å²) in [6, 6.07) is 3.62. The summed E-state index contributed by atoms with van der Waals surface area (Å²) in [7, 11) is 0. The molecule has 1 aromatic rings. The van der Waals surface area contributed by atoms with E-state index < -0.39 is 17.2 Å². The summed E-state index contributed by atoms with van der Waals surface area (Å²) in [5, 5.41) is 9.98. The van der Waals surface area contributed by atoms with E-state index in [1.165, 1.54) is 12.1 Å². The van der Waals surface area contributed by atoms with Gasteiger partial charge in [-0.2, -0.15) is 0 Å². The summed E-state index contributed by atoms with van der Waals surface area (Å²) in [6.07, 6.45) is 2.39. The van der Waals surface area contributed by atoms with Crippen molar-refractivity contribution in [3.05, 3.63) is 35.4 Å². The van der Waals surface area contributed by atoms with Crippen LogP contribution in [-0.4, -0.2) is 28.7 Å². The molecule has 1 unspecified atom stereocenters. The van der Waals surface area contributed by atoms with Gasteiger partial charge in [-0.1, -0.05) is 0 Å². The van der Waals surface area contributed by atoms with Gasteiger partial charge in [-0.3, -0.25) is 4.90 Å². The lowest BCUT2D eigenvalue weighted by Crippen LogP contribution is -2.28. The van der Waals surface area contributed by atoms with Crippen LogP contribution >= 0.6 is 0 Å². The summed E-state index contributed by atoms with van der Waals surface area (Å²) >= 11 is 0. The van der Waals surface area contributed by atoms with Crippen LogP contribution in [-0.2, 0) is 6.54 Å². The Hall–Kier alpha value is -1.00. The van der Waals surface area contributed by atoms with E-state index in [0.717, 1.165) is 32.0 Å². The molecule has 4 heteroatoms. The van der Waals surface area contributed by atoms with Crippen LogP contribution in [0.15, 0.2) is 18.2 Å². The summed E-state index contributed by atoms with van der Waals surface area (Å²) in [5.74, 6) is -1.07. The van der Waals surface area contributed by atoms with Crippen molar-refractivity contribution in [2.24, 2.45) is 0 Å². The molecule has 0 saturated carbocycles. The van der Waals surface area contributed by atoms with Crippen molar-refractivity contribution in [2.75, 3.05) is 13.1 Å². The van der Waals surface area contributed by atoms with Crippen molar-refractivity contribution in [3.63, 3.8) is 0 Å². The largest absolute Gasteiger partial charge is 0.390 e. The second-order valence-corrected chi connectivity index (χ2v) is 5.40. The average Bonchev–Trinajstić information content (AvgIpc) is 2.39. The lowest BCUT2D eigenvalue weighted by atomic mass is 9.98. The SMILES string of the molecule is CC1(O)CCCN(Cc2cc(F)cc(F)c2)CC1. The van der Waals surface area contributed by atoms with E-state index in [2.05, 4.69) is 4.90 Å². The highest BCUT2D eigenvalue weighted by atomic mass is 19.1. The molecule has 2 nitrogen and oxygen atoms in total. The molecule has 1 atom stereocenters. The fraction of sp³-hybridized carbons (Fsp3) is 0.571. The molecule has 1 aromatic carbocycles. The fourth-order valence-corrected chi connectivity index (χ4v) is 2.44. The number of halogens is 2. The third-order valence-electron chi connectivity index (χ3n) is 3.48. The van der Waals surface area contributed by atoms with Crippen LogP contribution in [0.1, 0.15) is 31.7 Å². The van der Waals surface area contributed by atoms with Gasteiger partial charge in [-0.15, -0.1) is 0 Å². The van der Waals surface area contributed by atoms with Gasteiger partial charge in [0, 0.05) is 19.2 Å². The average molecular weight is 255 g/mol. The van der Waals surface area contributed by atoms with Gasteiger partial charge < -0.3 is 5.11 Å². The maximum atomic E-state index is 13.1. The summed E-state index contributed by atoms with van der Waals surface area (Å²) in [5.41, 5.74) is 0.0381. The van der Waals surface area contributed by atoms with Crippen molar-refractivity contribution >= 4 is 0 Å². The number of aliphatic hydroxyl groups is 1. The fourth-order valence-electron chi connectivity index (χ4n) is 2.44. The Morgan fingerprint density at radius 2 is 1.83 bits per heavy atom. The molecule has 100 valence electrons. The zero-order chi connectivity index (χ0) is 13.2. The Morgan fingerprint density at radius 1 is 1.17 bits per heavy atom. The highest BCUT2D eigenvalue weighted by Crippen LogP contribution is 2.22. The molecular formula is C14H19F2NO. The normalized spacial score (nSPS) is 26.0. The van der Waals surface area contributed by atoms with Crippen molar-refractivity contribution in [1.29, 1.82) is 0 Å². The van der Waals surface area contributed by atoms with Gasteiger partial charge >= 0.3 is 0 Å². The van der Waals surface area contributed by atoms with Crippen LogP contribution in [0, 0.1) is 11.6 Å². The van der Waals surface area contributed by atoms with Crippen LogP contribution in [0.25, 0.3) is 0 Å². The molecule has 0 radical (unpaired) electrons. The third kappa shape index (κ3) is 3.75. The van der Waals surface area contributed by atoms with Crippen molar-refractivity contribution in [2.45, 2.75) is 38.3 Å². The Kier molecular flexibility index (Phi) is 3.97. The van der Waals surface area contributed by atoms with E-state index in [9.17, 15) is 13.9 Å². The molecule has 1 aliphatic heterocycles. The smallest absolute Gasteiger partial charge is 0.126 e. The van der Waals surface area contributed by atoms with E-state index >= 15 is 0 Å². The molecule has 1 fully saturated rings. The summed E-state index contributed by atoms with van der Waals surface area (Å²) in [6.45, 7) is 3.99. The molecular weight excluding hydrogens is 236 g/mol. The van der Waals surface area contributed by atoms with Crippen molar-refractivity contribution < 1.29 is 13.9 Å². The number of nitrogens with zero attached hydrogens (tertiary/aromatic N) is 1. The molecule has 1 saturated heterocycles. The lowest BCUT2D eigenvalue weighted by molar-refractivity contribution is 0.0444. The first-order valence-electron chi connectivity index (χ1n) is 6.34. The quantitative estimate of drug-likeness (QED) is 0.878. The minimum Gasteiger partial charge on any atom is -0.390 e. The van der Waals surface area contributed by atoms with Crippen molar-refractivity contribution in [3.8, 4) is 0 Å². The van der Waals surface area contributed by atoms with Gasteiger partial charge in [0.05, 0.1) is 5.60 Å². The number of hydrogen-bond acceptors (Lipinski definition) is 2. The number of hydrogen-bond donors (Lipinski definition) is 1. The minimum absolute atomic E-state index is 0.532. The lowest BCUT2D eigenvalue weighted by Gasteiger charge is -2.22. The van der Waals surface area contributed by atoms with Gasteiger partial charge in [0.15, 0.2) is 0 Å². The molecule has 2 rings (SSSR count). The molecule has 0 bridgehead atoms. The van der Waals surface area contributed by atoms with E-state index in [0.29, 0.717) is 18.5 Å². The molecule has 1 N–H and O–H groups in total. The minimum atomic E-state index is -0.609. The highest BCUT2D eigenvalue weighted by molar-refractivity contribution is 5.17. The molecule has 0 spiro atoms. The first-order valence-corrected chi connectivity index (χ1v) is 6.34. The Bertz CT molecular complexity index is 400. The van der Waals surface area contributed by atoms with E-state index in [1.54, 1.807) is 0 Å². The Labute approximate surface area is 106 Å². The van der Waals surface area contributed by atoms with E-state index in [-0.39, 0.29) is 0 Å². The monoisotopic (exact) mass is 255 g/mol. The maximum absolute atomic E-state index is 13.1. The second kappa shape index (κ2) is 5.33. The topological polar surface area (TPSA) is 23.5 Å². The van der Waals surface area contributed by atoms with Gasteiger partial charge in [0.1, 0.15) is 11.6 Å². The molecule has 18 heavy (non-hydrogen) atoms. The highest BCUT2D eigenvalue weighted by Gasteiger charge is 2.24. The number of rotatable bonds is 2. The van der Waals surface area contributed by atoms with Gasteiger partial charge in [-0.05, 0) is 50.4 Å². The third-order valence-corrected chi connectivity index (χ3v) is 3.48.